The smallest absolute Gasteiger partial charge is 0.407 e. The molecule has 0 aliphatic rings. The molecule has 22 heavy (non-hydrogen) atoms. The SMILES string of the molecule is CC[C@H](C)[C@@H](CCS(=O)(=O)O)NC(=O)OCc1ccccc1. The lowest BCUT2D eigenvalue weighted by Crippen LogP contribution is -2.40. The van der Waals surface area contributed by atoms with Gasteiger partial charge in [0.25, 0.3) is 10.1 Å². The number of alkyl carbamates (subject to hydrolysis) is 1. The summed E-state index contributed by atoms with van der Waals surface area (Å²) in [5.41, 5.74) is 0.871. The molecule has 1 amide bonds. The van der Waals surface area contributed by atoms with E-state index in [0.717, 1.165) is 12.0 Å². The maximum atomic E-state index is 11.8. The molecule has 1 aromatic rings. The van der Waals surface area contributed by atoms with Gasteiger partial charge in [-0.25, -0.2) is 4.79 Å². The molecule has 0 unspecified atom stereocenters. The fraction of sp³-hybridized carbons (Fsp3) is 0.533. The van der Waals surface area contributed by atoms with Gasteiger partial charge in [-0.2, -0.15) is 8.42 Å². The zero-order valence-electron chi connectivity index (χ0n) is 12.9. The molecule has 0 spiro atoms. The van der Waals surface area contributed by atoms with Gasteiger partial charge in [0.1, 0.15) is 6.61 Å². The second-order valence-corrected chi connectivity index (χ2v) is 6.84. The minimum Gasteiger partial charge on any atom is -0.445 e. The summed E-state index contributed by atoms with van der Waals surface area (Å²) in [5, 5.41) is 2.67. The van der Waals surface area contributed by atoms with Crippen molar-refractivity contribution in [3.05, 3.63) is 35.9 Å². The van der Waals surface area contributed by atoms with E-state index in [1.165, 1.54) is 0 Å². The third-order valence-corrected chi connectivity index (χ3v) is 4.29. The molecule has 0 saturated carbocycles. The normalized spacial score (nSPS) is 14.1. The molecule has 6 nitrogen and oxygen atoms in total. The van der Waals surface area contributed by atoms with E-state index >= 15 is 0 Å². The fourth-order valence-electron chi connectivity index (χ4n) is 1.98. The molecular formula is C15H23NO5S. The van der Waals surface area contributed by atoms with Crippen LogP contribution in [0.25, 0.3) is 0 Å². The molecule has 2 atom stereocenters. The van der Waals surface area contributed by atoms with Crippen LogP contribution in [-0.4, -0.2) is 30.9 Å². The van der Waals surface area contributed by atoms with Gasteiger partial charge in [0, 0.05) is 6.04 Å². The maximum absolute atomic E-state index is 11.8. The first kappa shape index (κ1) is 18.4. The van der Waals surface area contributed by atoms with E-state index < -0.39 is 16.2 Å². The standard InChI is InChI=1S/C15H23NO5S/c1-3-12(2)14(9-10-22(18,19)20)16-15(17)21-11-13-7-5-4-6-8-13/h4-8,12,14H,3,9-11H2,1-2H3,(H,16,17)(H,18,19,20)/t12-,14+/m0/s1. The Hall–Kier alpha value is -1.60. The first-order valence-corrected chi connectivity index (χ1v) is 8.85. The molecule has 0 aliphatic heterocycles. The highest BCUT2D eigenvalue weighted by molar-refractivity contribution is 7.85. The Morgan fingerprint density at radius 1 is 1.32 bits per heavy atom. The minimum absolute atomic E-state index is 0.0750. The molecule has 0 saturated heterocycles. The Balaban J connectivity index is 2.51. The molecule has 0 radical (unpaired) electrons. The average molecular weight is 329 g/mol. The maximum Gasteiger partial charge on any atom is 0.407 e. The van der Waals surface area contributed by atoms with E-state index in [1.54, 1.807) is 0 Å². The van der Waals surface area contributed by atoms with Crippen LogP contribution in [0.5, 0.6) is 0 Å². The molecule has 2 N–H and O–H groups in total. The lowest BCUT2D eigenvalue weighted by molar-refractivity contribution is 0.131. The minimum atomic E-state index is -4.04. The summed E-state index contributed by atoms with van der Waals surface area (Å²) in [6.07, 6.45) is 0.327. The van der Waals surface area contributed by atoms with E-state index in [-0.39, 0.29) is 30.7 Å². The Kier molecular flexibility index (Phi) is 7.34. The predicted octanol–water partition coefficient (Wildman–Crippen LogP) is 2.61. The summed E-state index contributed by atoms with van der Waals surface area (Å²) < 4.78 is 35.7. The van der Waals surface area contributed by atoms with Crippen molar-refractivity contribution in [1.82, 2.24) is 5.32 Å². The number of carbonyl (C=O) groups is 1. The van der Waals surface area contributed by atoms with Crippen LogP contribution < -0.4 is 5.32 Å². The number of hydrogen-bond donors (Lipinski definition) is 2. The van der Waals surface area contributed by atoms with Crippen LogP contribution in [0, 0.1) is 5.92 Å². The largest absolute Gasteiger partial charge is 0.445 e. The van der Waals surface area contributed by atoms with E-state index in [4.69, 9.17) is 9.29 Å². The van der Waals surface area contributed by atoms with Crippen molar-refractivity contribution < 1.29 is 22.5 Å². The molecule has 7 heteroatoms. The monoisotopic (exact) mass is 329 g/mol. The lowest BCUT2D eigenvalue weighted by atomic mass is 9.97. The zero-order chi connectivity index (χ0) is 16.6. The summed E-state index contributed by atoms with van der Waals surface area (Å²) in [7, 11) is -4.04. The van der Waals surface area contributed by atoms with Crippen molar-refractivity contribution in [2.45, 2.75) is 39.3 Å². The number of ether oxygens (including phenoxy) is 1. The average Bonchev–Trinajstić information content (AvgIpc) is 2.48. The molecular weight excluding hydrogens is 306 g/mol. The van der Waals surface area contributed by atoms with Crippen LogP contribution in [0.1, 0.15) is 32.3 Å². The first-order chi connectivity index (χ1) is 10.3. The molecule has 1 aromatic carbocycles. The van der Waals surface area contributed by atoms with Crippen molar-refractivity contribution in [1.29, 1.82) is 0 Å². The number of rotatable bonds is 8. The van der Waals surface area contributed by atoms with Gasteiger partial charge in [0.05, 0.1) is 5.75 Å². The van der Waals surface area contributed by atoms with E-state index in [2.05, 4.69) is 5.32 Å². The summed E-state index contributed by atoms with van der Waals surface area (Å²) in [6.45, 7) is 4.01. The van der Waals surface area contributed by atoms with Crippen LogP contribution in [0.2, 0.25) is 0 Å². The summed E-state index contributed by atoms with van der Waals surface area (Å²) >= 11 is 0. The highest BCUT2D eigenvalue weighted by Crippen LogP contribution is 2.12. The number of carbonyl (C=O) groups excluding carboxylic acids is 1. The van der Waals surface area contributed by atoms with E-state index in [9.17, 15) is 13.2 Å². The summed E-state index contributed by atoms with van der Waals surface area (Å²) in [5.74, 6) is -0.313. The van der Waals surface area contributed by atoms with Crippen molar-refractivity contribution >= 4 is 16.2 Å². The molecule has 1 rings (SSSR count). The summed E-state index contributed by atoms with van der Waals surface area (Å²) in [6, 6.07) is 8.90. The molecule has 0 bridgehead atoms. The number of amides is 1. The van der Waals surface area contributed by atoms with Crippen molar-refractivity contribution in [3.8, 4) is 0 Å². The second kappa shape index (κ2) is 8.75. The van der Waals surface area contributed by atoms with Crippen LogP contribution in [0.15, 0.2) is 30.3 Å². The highest BCUT2D eigenvalue weighted by atomic mass is 32.2. The second-order valence-electron chi connectivity index (χ2n) is 5.27. The number of benzene rings is 1. The van der Waals surface area contributed by atoms with Crippen LogP contribution in [0.4, 0.5) is 4.79 Å². The third-order valence-electron chi connectivity index (χ3n) is 3.53. The van der Waals surface area contributed by atoms with Crippen LogP contribution >= 0.6 is 0 Å². The Labute approximate surface area is 131 Å². The Bertz CT molecular complexity index is 559. The quantitative estimate of drug-likeness (QED) is 0.715. The molecule has 124 valence electrons. The highest BCUT2D eigenvalue weighted by Gasteiger charge is 2.21. The van der Waals surface area contributed by atoms with Gasteiger partial charge in [-0.1, -0.05) is 50.6 Å². The van der Waals surface area contributed by atoms with Gasteiger partial charge in [0.2, 0.25) is 0 Å². The topological polar surface area (TPSA) is 92.7 Å². The molecule has 0 aliphatic carbocycles. The fourth-order valence-corrected chi connectivity index (χ4v) is 2.53. The van der Waals surface area contributed by atoms with Gasteiger partial charge >= 0.3 is 6.09 Å². The predicted molar refractivity (Wildman–Crippen MR) is 84.0 cm³/mol. The van der Waals surface area contributed by atoms with E-state index in [1.807, 2.05) is 44.2 Å². The van der Waals surface area contributed by atoms with Crippen LogP contribution in [-0.2, 0) is 21.5 Å². The van der Waals surface area contributed by atoms with Gasteiger partial charge < -0.3 is 10.1 Å². The van der Waals surface area contributed by atoms with Crippen molar-refractivity contribution in [3.63, 3.8) is 0 Å². The van der Waals surface area contributed by atoms with Crippen molar-refractivity contribution in [2.24, 2.45) is 5.92 Å². The molecule has 0 aromatic heterocycles. The van der Waals surface area contributed by atoms with Gasteiger partial charge in [-0.15, -0.1) is 0 Å². The number of hydrogen-bond acceptors (Lipinski definition) is 4. The Morgan fingerprint density at radius 2 is 1.95 bits per heavy atom. The summed E-state index contributed by atoms with van der Waals surface area (Å²) in [4.78, 5) is 11.8. The Morgan fingerprint density at radius 3 is 2.50 bits per heavy atom. The van der Waals surface area contributed by atoms with Gasteiger partial charge in [-0.3, -0.25) is 4.55 Å². The van der Waals surface area contributed by atoms with E-state index in [0.29, 0.717) is 0 Å². The number of nitrogens with one attached hydrogen (secondary N) is 1. The zero-order valence-corrected chi connectivity index (χ0v) is 13.7. The first-order valence-electron chi connectivity index (χ1n) is 7.24. The van der Waals surface area contributed by atoms with Crippen molar-refractivity contribution in [2.75, 3.05) is 5.75 Å². The molecule has 0 heterocycles. The van der Waals surface area contributed by atoms with Gasteiger partial charge in [0.15, 0.2) is 0 Å². The van der Waals surface area contributed by atoms with Crippen LogP contribution in [0.3, 0.4) is 0 Å². The van der Waals surface area contributed by atoms with Gasteiger partial charge in [-0.05, 0) is 17.9 Å². The lowest BCUT2D eigenvalue weighted by Gasteiger charge is -2.23. The molecule has 0 fully saturated rings. The third kappa shape index (κ3) is 7.42.